The summed E-state index contributed by atoms with van der Waals surface area (Å²) < 4.78 is 0.854. The highest BCUT2D eigenvalue weighted by Gasteiger charge is 2.24. The number of rotatable bonds is 13. The molecule has 0 aliphatic heterocycles. The second kappa shape index (κ2) is 13.3. The second-order valence-corrected chi connectivity index (χ2v) is 11.6. The number of amides is 1. The third-order valence-electron chi connectivity index (χ3n) is 7.81. The van der Waals surface area contributed by atoms with Crippen molar-refractivity contribution >= 4 is 38.5 Å². The number of carbonyl (C=O) groups is 1. The van der Waals surface area contributed by atoms with Crippen molar-refractivity contribution in [3.05, 3.63) is 57.5 Å². The minimum Gasteiger partial charge on any atom is -0.506 e. The molecule has 2 aromatic heterocycles. The Labute approximate surface area is 232 Å². The van der Waals surface area contributed by atoms with Crippen LogP contribution in [0.1, 0.15) is 69.2 Å². The van der Waals surface area contributed by atoms with Crippen molar-refractivity contribution in [1.82, 2.24) is 25.2 Å². The topological polar surface area (TPSA) is 114 Å². The lowest BCUT2D eigenvalue weighted by Crippen LogP contribution is -2.43. The molecule has 0 radical (unpaired) electrons. The van der Waals surface area contributed by atoms with Crippen molar-refractivity contribution in [1.29, 1.82) is 0 Å². The van der Waals surface area contributed by atoms with Crippen LogP contribution in [0, 0.1) is 0 Å². The number of phenolic OH excluding ortho intramolecular Hbond substituents is 1. The zero-order valence-electron chi connectivity index (χ0n) is 22.5. The first-order chi connectivity index (χ1) is 19.1. The molecule has 208 valence electrons. The van der Waals surface area contributed by atoms with Crippen LogP contribution in [0.5, 0.6) is 5.75 Å². The number of fused-ring (bicyclic) bond motifs is 2. The number of thiazole rings is 1. The number of carbonyl (C=O) groups excluding carboxylic acids is 1. The fourth-order valence-corrected chi connectivity index (χ4v) is 6.64. The summed E-state index contributed by atoms with van der Waals surface area (Å²) in [5, 5.41) is 13.4. The molecule has 2 heterocycles. The van der Waals surface area contributed by atoms with E-state index >= 15 is 0 Å². The first-order valence-electron chi connectivity index (χ1n) is 14.4. The Balaban J connectivity index is 1.06. The minimum atomic E-state index is -0.140. The molecule has 1 saturated carbocycles. The van der Waals surface area contributed by atoms with E-state index in [1.807, 2.05) is 30.3 Å². The molecule has 0 unspecified atom stereocenters. The van der Waals surface area contributed by atoms with Crippen LogP contribution < -0.4 is 10.2 Å². The Hall–Kier alpha value is -3.17. The van der Waals surface area contributed by atoms with Gasteiger partial charge in [0.15, 0.2) is 0 Å². The molecule has 4 aromatic rings. The molecule has 9 heteroatoms. The van der Waals surface area contributed by atoms with Crippen LogP contribution in [-0.2, 0) is 17.6 Å². The van der Waals surface area contributed by atoms with Crippen LogP contribution in [0.15, 0.2) is 41.2 Å². The smallest absolute Gasteiger partial charge is 0.305 e. The number of aryl methyl sites for hydroxylation is 1. The number of H-pyrrole nitrogens is 2. The Bertz CT molecular complexity index is 1400. The Morgan fingerprint density at radius 2 is 1.87 bits per heavy atom. The van der Waals surface area contributed by atoms with Gasteiger partial charge in [0.1, 0.15) is 17.1 Å². The van der Waals surface area contributed by atoms with Gasteiger partial charge in [0.2, 0.25) is 5.91 Å². The maximum atomic E-state index is 13.3. The summed E-state index contributed by atoms with van der Waals surface area (Å²) in [6.45, 7) is 2.28. The fraction of sp³-hybridized carbons (Fsp3) is 0.500. The van der Waals surface area contributed by atoms with Gasteiger partial charge in [-0.2, -0.15) is 0 Å². The van der Waals surface area contributed by atoms with Crippen LogP contribution in [0.4, 0.5) is 0 Å². The number of aromatic amines is 2. The van der Waals surface area contributed by atoms with Gasteiger partial charge in [-0.3, -0.25) is 9.59 Å². The molecular weight excluding hydrogens is 510 g/mol. The number of unbranched alkanes of at least 4 members (excludes halogenated alkanes) is 2. The van der Waals surface area contributed by atoms with E-state index < -0.39 is 0 Å². The summed E-state index contributed by atoms with van der Waals surface area (Å²) in [7, 11) is 0. The lowest BCUT2D eigenvalue weighted by atomic mass is 9.93. The first-order valence-corrected chi connectivity index (χ1v) is 15.2. The van der Waals surface area contributed by atoms with Crippen molar-refractivity contribution in [2.24, 2.45) is 0 Å². The van der Waals surface area contributed by atoms with Crippen LogP contribution in [-0.4, -0.2) is 56.5 Å². The van der Waals surface area contributed by atoms with Gasteiger partial charge in [0.05, 0.1) is 15.7 Å². The van der Waals surface area contributed by atoms with Gasteiger partial charge in [-0.15, -0.1) is 0 Å². The normalized spacial score (nSPS) is 14.4. The lowest BCUT2D eigenvalue weighted by Gasteiger charge is -2.34. The monoisotopic (exact) mass is 549 g/mol. The number of imidazole rings is 1. The summed E-state index contributed by atoms with van der Waals surface area (Å²) in [6, 6.07) is 12.0. The van der Waals surface area contributed by atoms with Crippen LogP contribution in [0.2, 0.25) is 0 Å². The maximum Gasteiger partial charge on any atom is 0.305 e. The average molecular weight is 550 g/mol. The molecule has 8 nitrogen and oxygen atoms in total. The molecule has 0 atom stereocenters. The van der Waals surface area contributed by atoms with Crippen molar-refractivity contribution in [3.8, 4) is 5.75 Å². The third kappa shape index (κ3) is 7.08. The molecule has 1 aliphatic rings. The molecule has 5 rings (SSSR count). The number of hydrogen-bond acceptors (Lipinski definition) is 6. The molecular formula is C30H39N5O3S. The molecule has 1 aliphatic carbocycles. The van der Waals surface area contributed by atoms with Gasteiger partial charge in [0.25, 0.3) is 0 Å². The van der Waals surface area contributed by atoms with Crippen molar-refractivity contribution in [3.63, 3.8) is 0 Å². The zero-order chi connectivity index (χ0) is 27.0. The number of aromatic hydroxyl groups is 1. The largest absolute Gasteiger partial charge is 0.506 e. The highest BCUT2D eigenvalue weighted by atomic mass is 32.1. The lowest BCUT2D eigenvalue weighted by molar-refractivity contribution is -0.134. The zero-order valence-corrected chi connectivity index (χ0v) is 23.3. The third-order valence-corrected chi connectivity index (χ3v) is 8.77. The number of phenols is 1. The van der Waals surface area contributed by atoms with E-state index in [9.17, 15) is 14.7 Å². The van der Waals surface area contributed by atoms with Gasteiger partial charge in [-0.25, -0.2) is 4.98 Å². The predicted molar refractivity (Wildman–Crippen MR) is 158 cm³/mol. The number of hydrogen-bond donors (Lipinski definition) is 4. The first kappa shape index (κ1) is 27.4. The quantitative estimate of drug-likeness (QED) is 0.170. The van der Waals surface area contributed by atoms with Crippen molar-refractivity contribution in [2.45, 2.75) is 76.7 Å². The number of nitrogens with one attached hydrogen (secondary N) is 3. The summed E-state index contributed by atoms with van der Waals surface area (Å²) >= 11 is 1.16. The summed E-state index contributed by atoms with van der Waals surface area (Å²) in [6.07, 6.45) is 11.1. The standard InChI is InChI=1S/C30H39N5O3S/c36-25-15-14-21(29-28(25)34-30(38)39-29)9-3-2-8-20-35(22-10-4-1-5-11-22)27(37)17-19-31-18-16-26-32-23-12-6-7-13-24(23)33-26/h6-7,12-15,22,31,36H,1-5,8-11,16-20H2,(H,32,33)(H,34,38). The van der Waals surface area contributed by atoms with E-state index in [1.54, 1.807) is 6.07 Å². The van der Waals surface area contributed by atoms with Gasteiger partial charge in [-0.1, -0.05) is 55.2 Å². The van der Waals surface area contributed by atoms with Crippen molar-refractivity contribution < 1.29 is 9.90 Å². The van der Waals surface area contributed by atoms with Gasteiger partial charge >= 0.3 is 4.87 Å². The maximum absolute atomic E-state index is 13.3. The van der Waals surface area contributed by atoms with Gasteiger partial charge in [-0.05, 0) is 55.9 Å². The average Bonchev–Trinajstić information content (AvgIpc) is 3.55. The van der Waals surface area contributed by atoms with Crippen molar-refractivity contribution in [2.75, 3.05) is 19.6 Å². The Morgan fingerprint density at radius 1 is 1.03 bits per heavy atom. The Morgan fingerprint density at radius 3 is 2.72 bits per heavy atom. The number of benzene rings is 2. The van der Waals surface area contributed by atoms with Gasteiger partial charge in [0, 0.05) is 38.5 Å². The predicted octanol–water partition coefficient (Wildman–Crippen LogP) is 5.27. The molecule has 2 aromatic carbocycles. The van der Waals surface area contributed by atoms with E-state index in [2.05, 4.69) is 25.2 Å². The molecule has 1 amide bonds. The van der Waals surface area contributed by atoms with E-state index in [4.69, 9.17) is 0 Å². The van der Waals surface area contributed by atoms with Crippen LogP contribution in [0.25, 0.3) is 21.3 Å². The number of nitrogens with zero attached hydrogens (tertiary/aromatic N) is 2. The second-order valence-electron chi connectivity index (χ2n) is 10.6. The van der Waals surface area contributed by atoms with Crippen LogP contribution in [0.3, 0.4) is 0 Å². The summed E-state index contributed by atoms with van der Waals surface area (Å²) in [5.74, 6) is 1.35. The molecule has 1 fully saturated rings. The van der Waals surface area contributed by atoms with E-state index in [1.165, 1.54) is 19.3 Å². The number of aromatic nitrogens is 3. The SMILES string of the molecule is O=C(CCNCCc1nc2ccccc2[nH]1)N(CCCCCc1ccc(O)c2[nH]c(=O)sc12)C1CCCCC1. The highest BCUT2D eigenvalue weighted by Crippen LogP contribution is 2.29. The summed E-state index contributed by atoms with van der Waals surface area (Å²) in [4.78, 5) is 37.8. The van der Waals surface area contributed by atoms with E-state index in [0.29, 0.717) is 24.5 Å². The van der Waals surface area contributed by atoms with E-state index in [0.717, 1.165) is 96.5 Å². The highest BCUT2D eigenvalue weighted by molar-refractivity contribution is 7.16. The molecule has 0 spiro atoms. The van der Waals surface area contributed by atoms with E-state index in [-0.39, 0.29) is 16.5 Å². The van der Waals surface area contributed by atoms with Gasteiger partial charge < -0.3 is 25.3 Å². The molecule has 39 heavy (non-hydrogen) atoms. The fourth-order valence-electron chi connectivity index (χ4n) is 5.74. The number of para-hydroxylation sites is 2. The summed E-state index contributed by atoms with van der Waals surface area (Å²) in [5.41, 5.74) is 3.69. The molecule has 0 bridgehead atoms. The molecule has 4 N–H and O–H groups in total. The Kier molecular flexibility index (Phi) is 9.32. The molecule has 0 saturated heterocycles. The van der Waals surface area contributed by atoms with Crippen LogP contribution >= 0.6 is 11.3 Å². The minimum absolute atomic E-state index is 0.123.